The Hall–Kier alpha value is 1.79. The summed E-state index contributed by atoms with van der Waals surface area (Å²) in [5.41, 5.74) is 0. The molecule has 0 nitrogen and oxygen atoms in total. The minimum Gasteiger partial charge on any atom is -0.358 e. The molecule has 0 aromatic rings. The van der Waals surface area contributed by atoms with Crippen LogP contribution in [-0.4, -0.2) is 0 Å². The third kappa shape index (κ3) is 78.6. The molecule has 0 aromatic carbocycles. The van der Waals surface area contributed by atoms with Gasteiger partial charge in [0.25, 0.3) is 0 Å². The van der Waals surface area contributed by atoms with Gasteiger partial charge in [-0.25, -0.2) is 0 Å². The quantitative estimate of drug-likeness (QED) is 0.619. The average molecular weight is 402 g/mol. The van der Waals surface area contributed by atoms with Crippen molar-refractivity contribution in [2.24, 2.45) is 0 Å². The van der Waals surface area contributed by atoms with E-state index in [2.05, 4.69) is 27.7 Å². The Morgan fingerprint density at radius 1 is 0.909 bits per heavy atom. The van der Waals surface area contributed by atoms with E-state index in [1.165, 1.54) is 12.8 Å². The molecule has 11 heavy (non-hydrogen) atoms. The topological polar surface area (TPSA) is 0 Å². The number of hydrogen-bond acceptors (Lipinski definition) is 0. The predicted molar refractivity (Wildman–Crippen MR) is 46.9 cm³/mol. The van der Waals surface area contributed by atoms with Gasteiger partial charge in [0.2, 0.25) is 0 Å². The molecule has 0 saturated heterocycles. The van der Waals surface area contributed by atoms with Crippen molar-refractivity contribution in [3.63, 3.8) is 0 Å². The van der Waals surface area contributed by atoms with E-state index in [1.54, 1.807) is 0 Å². The molecule has 0 aromatic heterocycles. The molecule has 2 heteroatoms. The molecule has 0 saturated carbocycles. The van der Waals surface area contributed by atoms with Gasteiger partial charge in [-0.15, -0.1) is 0 Å². The van der Waals surface area contributed by atoms with Crippen LogP contribution in [0.5, 0.6) is 0 Å². The molecule has 0 aliphatic rings. The molecule has 1 radical (unpaired) electrons. The summed E-state index contributed by atoms with van der Waals surface area (Å²) in [5.74, 6) is 0. The van der Waals surface area contributed by atoms with Crippen LogP contribution in [-0.2, 0) is 53.8 Å². The molecule has 0 aliphatic heterocycles. The average Bonchev–Trinajstić information content (AvgIpc) is 1.88. The molecule has 0 heterocycles. The van der Waals surface area contributed by atoms with Gasteiger partial charge >= 0.3 is 21.1 Å². The van der Waals surface area contributed by atoms with Crippen molar-refractivity contribution >= 4 is 0 Å². The monoisotopic (exact) mass is 402 g/mol. The molecule has 0 aliphatic carbocycles. The van der Waals surface area contributed by atoms with Crippen molar-refractivity contribution in [2.45, 2.75) is 39.5 Å². The van der Waals surface area contributed by atoms with Gasteiger partial charge in [-0.1, -0.05) is 26.7 Å². The number of rotatable bonds is 2. The maximum Gasteiger partial charge on any atom is 2.00 e. The smallest absolute Gasteiger partial charge is 0.358 e. The minimum absolute atomic E-state index is 0. The van der Waals surface area contributed by atoms with Crippen molar-refractivity contribution < 1.29 is 53.8 Å². The van der Waals surface area contributed by atoms with E-state index >= 15 is 0 Å². The van der Waals surface area contributed by atoms with E-state index < -0.39 is 0 Å². The zero-order valence-electron chi connectivity index (χ0n) is 8.23. The molecule has 0 amide bonds. The second-order valence-electron chi connectivity index (χ2n) is 1.71. The molecule has 0 bridgehead atoms. The summed E-state index contributed by atoms with van der Waals surface area (Å²) < 4.78 is 0. The van der Waals surface area contributed by atoms with Crippen molar-refractivity contribution in [1.82, 2.24) is 0 Å². The van der Waals surface area contributed by atoms with Crippen LogP contribution < -0.4 is 0 Å². The van der Waals surface area contributed by atoms with E-state index in [4.69, 9.17) is 0 Å². The van der Waals surface area contributed by atoms with Gasteiger partial charge < -0.3 is 21.3 Å². The van der Waals surface area contributed by atoms with E-state index in [-0.39, 0.29) is 61.2 Å². The third-order valence-electron chi connectivity index (χ3n) is 0.707. The molecule has 0 fully saturated rings. The molecule has 0 N–H and O–H groups in total. The molecule has 0 rings (SSSR count). The first-order chi connectivity index (χ1) is 3.83. The van der Waals surface area contributed by atoms with Crippen LogP contribution in [0.3, 0.4) is 0 Å². The van der Waals surface area contributed by atoms with Crippen LogP contribution in [0.25, 0.3) is 0 Å². The van der Waals surface area contributed by atoms with Crippen molar-refractivity contribution in [3.05, 3.63) is 21.3 Å². The maximum atomic E-state index is 3.60. The summed E-state index contributed by atoms with van der Waals surface area (Å²) in [6, 6.07) is 0. The second kappa shape index (κ2) is 40.9. The van der Waals surface area contributed by atoms with Gasteiger partial charge in [-0.2, -0.15) is 12.8 Å². The molecule has 0 unspecified atom stereocenters. The van der Waals surface area contributed by atoms with E-state index in [1.807, 2.05) is 0 Å². The fourth-order valence-corrected chi connectivity index (χ4v) is 0. The van der Waals surface area contributed by atoms with Gasteiger partial charge in [0.05, 0.1) is 0 Å². The molecular formula is C9H21WY-. The summed E-state index contributed by atoms with van der Waals surface area (Å²) in [6.45, 7) is 11.4. The van der Waals surface area contributed by atoms with Gasteiger partial charge in [-0.05, 0) is 0 Å². The van der Waals surface area contributed by atoms with Gasteiger partial charge in [0.1, 0.15) is 0 Å². The molecule has 0 spiro atoms. The van der Waals surface area contributed by atoms with E-state index in [0.29, 0.717) is 0 Å². The van der Waals surface area contributed by atoms with Gasteiger partial charge in [0.15, 0.2) is 0 Å². The fourth-order valence-electron chi connectivity index (χ4n) is 0. The van der Waals surface area contributed by atoms with Crippen molar-refractivity contribution in [3.8, 4) is 0 Å². The van der Waals surface area contributed by atoms with Gasteiger partial charge in [-0.3, -0.25) is 0 Å². The van der Waals surface area contributed by atoms with Crippen LogP contribution in [0.4, 0.5) is 0 Å². The van der Waals surface area contributed by atoms with Crippen LogP contribution in [0.1, 0.15) is 39.5 Å². The Kier molecular flexibility index (Phi) is 109. The Morgan fingerprint density at radius 2 is 1.00 bits per heavy atom. The van der Waals surface area contributed by atoms with Gasteiger partial charge in [0, 0.05) is 32.7 Å². The maximum absolute atomic E-state index is 3.60. The van der Waals surface area contributed by atoms with E-state index in [0.717, 1.165) is 12.8 Å². The number of unbranched alkanes of at least 4 members (excludes halogenated alkanes) is 2. The molecule has 0 atom stereocenters. The largest absolute Gasteiger partial charge is 2.00 e. The summed E-state index contributed by atoms with van der Waals surface area (Å²) in [5, 5.41) is 0. The fraction of sp³-hybridized carbons (Fsp3) is 0.667. The summed E-state index contributed by atoms with van der Waals surface area (Å²) >= 11 is 0. The Bertz CT molecular complexity index is 17.5. The first-order valence-electron chi connectivity index (χ1n) is 3.41. The summed E-state index contributed by atoms with van der Waals surface area (Å²) in [4.78, 5) is 0. The first-order valence-corrected chi connectivity index (χ1v) is 3.41. The zero-order chi connectivity index (χ0) is 6.83. The number of hydrogen-bond donors (Lipinski definition) is 0. The van der Waals surface area contributed by atoms with E-state index in [9.17, 15) is 0 Å². The standard InChI is InChI=1S/2C4H9.CH3.W.Y/c2*1-3-4-2;;;/h2*1,3-4H2,2H3;1H3;;/q3*-1;+2;. The summed E-state index contributed by atoms with van der Waals surface area (Å²) in [6.07, 6.45) is 4.56. The molecular weight excluding hydrogens is 381 g/mol. The van der Waals surface area contributed by atoms with Crippen LogP contribution >= 0.6 is 0 Å². The summed E-state index contributed by atoms with van der Waals surface area (Å²) in [7, 11) is 0. The minimum atomic E-state index is 0. The van der Waals surface area contributed by atoms with Crippen molar-refractivity contribution in [1.29, 1.82) is 0 Å². The zero-order valence-corrected chi connectivity index (χ0v) is 14.0. The Morgan fingerprint density at radius 3 is 1.00 bits per heavy atom. The predicted octanol–water partition coefficient (Wildman–Crippen LogP) is 3.69. The molecule has 67 valence electrons. The van der Waals surface area contributed by atoms with Crippen LogP contribution in [0.2, 0.25) is 0 Å². The van der Waals surface area contributed by atoms with Crippen molar-refractivity contribution in [2.75, 3.05) is 0 Å². The normalized spacial score (nSPS) is 5.45. The first kappa shape index (κ1) is 29.3. The van der Waals surface area contributed by atoms with Crippen LogP contribution in [0, 0.1) is 21.3 Å². The van der Waals surface area contributed by atoms with Crippen LogP contribution in [0.15, 0.2) is 0 Å². The Labute approximate surface area is 113 Å². The Balaban J connectivity index is -0.0000000171. The third-order valence-corrected chi connectivity index (χ3v) is 0.707. The SMILES string of the molecule is [CH2-]CCC.[CH2-]CCC.[CH3-].[W+2].[Y]. The second-order valence-corrected chi connectivity index (χ2v) is 1.71.